The molecule has 1 aliphatic rings. The molecule has 4 nitrogen and oxygen atoms in total. The van der Waals surface area contributed by atoms with Crippen LogP contribution in [0.5, 0.6) is 5.75 Å². The molecule has 0 amide bonds. The van der Waals surface area contributed by atoms with Crippen LogP contribution >= 0.6 is 0 Å². The molecule has 1 unspecified atom stereocenters. The Hall–Kier alpha value is -1.03. The lowest BCUT2D eigenvalue weighted by Crippen LogP contribution is -2.15. The summed E-state index contributed by atoms with van der Waals surface area (Å²) in [6, 6.07) is 0. The second-order valence-corrected chi connectivity index (χ2v) is 3.03. The molecule has 12 heavy (non-hydrogen) atoms. The minimum Gasteiger partial charge on any atom is -0.488 e. The van der Waals surface area contributed by atoms with Crippen molar-refractivity contribution in [3.63, 3.8) is 0 Å². The van der Waals surface area contributed by atoms with Crippen molar-refractivity contribution < 1.29 is 9.26 Å². The zero-order valence-corrected chi connectivity index (χ0v) is 6.82. The first-order chi connectivity index (χ1) is 5.95. The Morgan fingerprint density at radius 1 is 1.75 bits per heavy atom. The van der Waals surface area contributed by atoms with Gasteiger partial charge in [-0.25, -0.2) is 0 Å². The minimum absolute atomic E-state index is 0.639. The molecule has 1 aromatic rings. The van der Waals surface area contributed by atoms with E-state index >= 15 is 0 Å². The van der Waals surface area contributed by atoms with E-state index in [-0.39, 0.29) is 0 Å². The van der Waals surface area contributed by atoms with Crippen molar-refractivity contribution in [3.05, 3.63) is 12.5 Å². The Balaban J connectivity index is 1.74. The molecule has 4 heteroatoms. The molecule has 1 N–H and O–H groups in total. The molecule has 0 saturated carbocycles. The normalized spacial score (nSPS) is 22.8. The first kappa shape index (κ1) is 7.61. The number of ether oxygens (including phenoxy) is 1. The van der Waals surface area contributed by atoms with Crippen molar-refractivity contribution in [1.29, 1.82) is 0 Å². The summed E-state index contributed by atoms with van der Waals surface area (Å²) in [6.07, 6.45) is 4.30. The summed E-state index contributed by atoms with van der Waals surface area (Å²) >= 11 is 0. The lowest BCUT2D eigenvalue weighted by Gasteiger charge is -2.07. The van der Waals surface area contributed by atoms with Gasteiger partial charge in [0, 0.05) is 12.5 Å². The van der Waals surface area contributed by atoms with E-state index in [1.54, 1.807) is 6.20 Å². The van der Waals surface area contributed by atoms with Crippen molar-refractivity contribution in [2.75, 3.05) is 19.7 Å². The number of nitrogens with one attached hydrogen (secondary N) is 1. The second kappa shape index (κ2) is 3.58. The Labute approximate surface area is 70.9 Å². The molecular weight excluding hydrogens is 156 g/mol. The zero-order valence-electron chi connectivity index (χ0n) is 6.82. The van der Waals surface area contributed by atoms with Gasteiger partial charge in [0.15, 0.2) is 12.0 Å². The molecular formula is C8H12N2O2. The highest BCUT2D eigenvalue weighted by atomic mass is 16.5. The first-order valence-corrected chi connectivity index (χ1v) is 4.18. The summed E-state index contributed by atoms with van der Waals surface area (Å²) in [5.41, 5.74) is 0. The molecule has 1 saturated heterocycles. The molecule has 1 aliphatic heterocycles. The Bertz CT molecular complexity index is 217. The minimum atomic E-state index is 0.639. The van der Waals surface area contributed by atoms with Crippen LogP contribution in [0.1, 0.15) is 6.42 Å². The van der Waals surface area contributed by atoms with Crippen LogP contribution in [0.25, 0.3) is 0 Å². The van der Waals surface area contributed by atoms with Crippen LogP contribution in [-0.4, -0.2) is 24.9 Å². The molecule has 2 heterocycles. The van der Waals surface area contributed by atoms with Gasteiger partial charge in [0.2, 0.25) is 0 Å². The van der Waals surface area contributed by atoms with Crippen molar-refractivity contribution in [1.82, 2.24) is 10.5 Å². The predicted octanol–water partition coefficient (Wildman–Crippen LogP) is 0.663. The fourth-order valence-electron chi connectivity index (χ4n) is 1.34. The van der Waals surface area contributed by atoms with Crippen LogP contribution < -0.4 is 10.1 Å². The topological polar surface area (TPSA) is 47.3 Å². The Morgan fingerprint density at radius 3 is 3.42 bits per heavy atom. The third kappa shape index (κ3) is 1.76. The molecule has 0 aliphatic carbocycles. The standard InChI is InChI=1S/C8H12N2O2/c1-2-9-3-7(1)5-11-8-4-10-12-6-8/h4,6-7,9H,1-3,5H2. The highest BCUT2D eigenvalue weighted by Crippen LogP contribution is 2.12. The predicted molar refractivity (Wildman–Crippen MR) is 43.0 cm³/mol. The second-order valence-electron chi connectivity index (χ2n) is 3.03. The number of hydrogen-bond acceptors (Lipinski definition) is 4. The number of nitrogens with zero attached hydrogens (tertiary/aromatic N) is 1. The van der Waals surface area contributed by atoms with Crippen LogP contribution in [0.2, 0.25) is 0 Å². The molecule has 1 fully saturated rings. The van der Waals surface area contributed by atoms with Gasteiger partial charge in [-0.05, 0) is 13.0 Å². The number of rotatable bonds is 3. The third-order valence-electron chi connectivity index (χ3n) is 2.06. The first-order valence-electron chi connectivity index (χ1n) is 4.18. The van der Waals surface area contributed by atoms with Crippen LogP contribution in [0.4, 0.5) is 0 Å². The summed E-state index contributed by atoms with van der Waals surface area (Å²) in [5, 5.41) is 6.84. The molecule has 0 radical (unpaired) electrons. The van der Waals surface area contributed by atoms with Gasteiger partial charge >= 0.3 is 0 Å². The fraction of sp³-hybridized carbons (Fsp3) is 0.625. The molecule has 0 spiro atoms. The van der Waals surface area contributed by atoms with Crippen LogP contribution in [0.15, 0.2) is 17.0 Å². The van der Waals surface area contributed by atoms with Gasteiger partial charge < -0.3 is 14.6 Å². The SMILES string of the molecule is c1nocc1OCC1CCNC1. The number of aromatic nitrogens is 1. The van der Waals surface area contributed by atoms with Crippen molar-refractivity contribution >= 4 is 0 Å². The fourth-order valence-corrected chi connectivity index (χ4v) is 1.34. The summed E-state index contributed by atoms with van der Waals surface area (Å²) in [5.74, 6) is 1.36. The molecule has 1 atom stereocenters. The van der Waals surface area contributed by atoms with E-state index in [0.717, 1.165) is 25.4 Å². The van der Waals surface area contributed by atoms with Gasteiger partial charge in [0.1, 0.15) is 6.20 Å². The third-order valence-corrected chi connectivity index (χ3v) is 2.06. The number of hydrogen-bond donors (Lipinski definition) is 1. The van der Waals surface area contributed by atoms with Gasteiger partial charge in [-0.3, -0.25) is 0 Å². The summed E-state index contributed by atoms with van der Waals surface area (Å²) < 4.78 is 10.1. The zero-order chi connectivity index (χ0) is 8.23. The molecule has 2 rings (SSSR count). The molecule has 66 valence electrons. The molecule has 0 aromatic carbocycles. The van der Waals surface area contributed by atoms with E-state index in [9.17, 15) is 0 Å². The highest BCUT2D eigenvalue weighted by Gasteiger charge is 2.14. The quantitative estimate of drug-likeness (QED) is 0.720. The average molecular weight is 168 g/mol. The van der Waals surface area contributed by atoms with E-state index in [1.807, 2.05) is 0 Å². The molecule has 0 bridgehead atoms. The van der Waals surface area contributed by atoms with Crippen LogP contribution in [0.3, 0.4) is 0 Å². The van der Waals surface area contributed by atoms with Gasteiger partial charge in [-0.1, -0.05) is 5.16 Å². The van der Waals surface area contributed by atoms with Crippen molar-refractivity contribution in [3.8, 4) is 5.75 Å². The van der Waals surface area contributed by atoms with E-state index in [4.69, 9.17) is 4.74 Å². The van der Waals surface area contributed by atoms with Crippen LogP contribution in [0, 0.1) is 5.92 Å². The summed E-state index contributed by atoms with van der Waals surface area (Å²) in [4.78, 5) is 0. The van der Waals surface area contributed by atoms with E-state index in [2.05, 4.69) is 15.0 Å². The maximum Gasteiger partial charge on any atom is 0.178 e. The Morgan fingerprint density at radius 2 is 2.75 bits per heavy atom. The smallest absolute Gasteiger partial charge is 0.178 e. The molecule has 1 aromatic heterocycles. The van der Waals surface area contributed by atoms with Gasteiger partial charge in [0.05, 0.1) is 6.61 Å². The lowest BCUT2D eigenvalue weighted by molar-refractivity contribution is 0.257. The lowest BCUT2D eigenvalue weighted by atomic mass is 10.1. The monoisotopic (exact) mass is 168 g/mol. The van der Waals surface area contributed by atoms with E-state index < -0.39 is 0 Å². The van der Waals surface area contributed by atoms with Crippen molar-refractivity contribution in [2.24, 2.45) is 5.92 Å². The van der Waals surface area contributed by atoms with E-state index in [0.29, 0.717) is 5.92 Å². The summed E-state index contributed by atoms with van der Waals surface area (Å²) in [6.45, 7) is 2.93. The van der Waals surface area contributed by atoms with Crippen LogP contribution in [-0.2, 0) is 0 Å². The largest absolute Gasteiger partial charge is 0.488 e. The van der Waals surface area contributed by atoms with Gasteiger partial charge in [-0.15, -0.1) is 0 Å². The van der Waals surface area contributed by atoms with Crippen molar-refractivity contribution in [2.45, 2.75) is 6.42 Å². The maximum atomic E-state index is 5.43. The average Bonchev–Trinajstić information content (AvgIpc) is 2.74. The van der Waals surface area contributed by atoms with Gasteiger partial charge in [0.25, 0.3) is 0 Å². The highest BCUT2D eigenvalue weighted by molar-refractivity contribution is 5.07. The van der Waals surface area contributed by atoms with Gasteiger partial charge in [-0.2, -0.15) is 0 Å². The maximum absolute atomic E-state index is 5.43. The Kier molecular flexibility index (Phi) is 2.27. The van der Waals surface area contributed by atoms with E-state index in [1.165, 1.54) is 12.7 Å². The summed E-state index contributed by atoms with van der Waals surface area (Å²) in [7, 11) is 0.